The quantitative estimate of drug-likeness (QED) is 0.663. The Balaban J connectivity index is 2.46. The van der Waals surface area contributed by atoms with E-state index in [4.69, 9.17) is 10.5 Å². The summed E-state index contributed by atoms with van der Waals surface area (Å²) in [7, 11) is 1.63. The van der Waals surface area contributed by atoms with Gasteiger partial charge in [0, 0.05) is 13.3 Å². The fraction of sp³-hybridized carbons (Fsp3) is 0.500. The topological polar surface area (TPSA) is 82.2 Å². The van der Waals surface area contributed by atoms with Gasteiger partial charge in [-0.1, -0.05) is 0 Å². The molecule has 0 aliphatic heterocycles. The van der Waals surface area contributed by atoms with Gasteiger partial charge >= 0.3 is 0 Å². The Labute approximate surface area is 82.0 Å². The molecule has 1 heterocycles. The molecule has 0 aromatic carbocycles. The van der Waals surface area contributed by atoms with Gasteiger partial charge < -0.3 is 15.8 Å². The van der Waals surface area contributed by atoms with Gasteiger partial charge in [0.15, 0.2) is 0 Å². The van der Waals surface area contributed by atoms with Gasteiger partial charge in [0.05, 0.1) is 31.6 Å². The number of nitrogens with zero attached hydrogens (tertiary/aromatic N) is 2. The van der Waals surface area contributed by atoms with Gasteiger partial charge in [-0.05, 0) is 0 Å². The number of nitrogens with one attached hydrogen (secondary N) is 1. The number of ether oxygens (including phenoxy) is 1. The molecule has 0 aliphatic rings. The first-order valence-corrected chi connectivity index (χ1v) is 4.27. The second kappa shape index (κ2) is 5.36. The second-order valence-electron chi connectivity index (χ2n) is 2.74. The summed E-state index contributed by atoms with van der Waals surface area (Å²) in [5.41, 5.74) is 5.80. The van der Waals surface area contributed by atoms with E-state index in [-0.39, 0.29) is 12.5 Å². The van der Waals surface area contributed by atoms with E-state index in [1.165, 1.54) is 0 Å². The smallest absolute Gasteiger partial charge is 0.238 e. The molecule has 0 bridgehead atoms. The number of aromatic nitrogens is 2. The molecule has 1 amide bonds. The number of carbonyl (C=O) groups excluding carboxylic acids is 1. The number of methoxy groups -OCH3 is 1. The summed E-state index contributed by atoms with van der Waals surface area (Å²) in [5, 5.41) is 6.62. The van der Waals surface area contributed by atoms with Gasteiger partial charge in [0.25, 0.3) is 0 Å². The minimum atomic E-state index is -0.226. The Bertz CT molecular complexity index is 297. The normalized spacial score (nSPS) is 10.1. The standard InChI is InChI=1S/C8H14N4O2/c1-14-3-2-12-6-7(5-10-12)11-8(13)4-9/h5-6H,2-4,9H2,1H3,(H,11,13). The van der Waals surface area contributed by atoms with Crippen LogP contribution >= 0.6 is 0 Å². The summed E-state index contributed by atoms with van der Waals surface area (Å²) < 4.78 is 6.58. The van der Waals surface area contributed by atoms with Gasteiger partial charge in [0.1, 0.15) is 0 Å². The Kier molecular flexibility index (Phi) is 4.09. The maximum atomic E-state index is 10.9. The number of nitrogens with two attached hydrogens (primary N) is 1. The average molecular weight is 198 g/mol. The lowest BCUT2D eigenvalue weighted by molar-refractivity contribution is -0.114. The largest absolute Gasteiger partial charge is 0.383 e. The maximum Gasteiger partial charge on any atom is 0.238 e. The average Bonchev–Trinajstić information content (AvgIpc) is 2.62. The highest BCUT2D eigenvalue weighted by atomic mass is 16.5. The third-order valence-electron chi connectivity index (χ3n) is 1.63. The van der Waals surface area contributed by atoms with Crippen molar-refractivity contribution in [3.8, 4) is 0 Å². The van der Waals surface area contributed by atoms with E-state index in [2.05, 4.69) is 10.4 Å². The highest BCUT2D eigenvalue weighted by molar-refractivity contribution is 5.91. The molecule has 0 fully saturated rings. The predicted octanol–water partition coefficient (Wildman–Crippen LogP) is -0.573. The van der Waals surface area contributed by atoms with Crippen LogP contribution in [0.5, 0.6) is 0 Å². The molecular formula is C8H14N4O2. The lowest BCUT2D eigenvalue weighted by atomic mass is 10.5. The third kappa shape index (κ3) is 3.15. The zero-order chi connectivity index (χ0) is 10.4. The molecule has 0 radical (unpaired) electrons. The van der Waals surface area contributed by atoms with E-state index < -0.39 is 0 Å². The Morgan fingerprint density at radius 3 is 3.21 bits per heavy atom. The van der Waals surface area contributed by atoms with E-state index in [1.54, 1.807) is 24.2 Å². The summed E-state index contributed by atoms with van der Waals surface area (Å²) >= 11 is 0. The second-order valence-corrected chi connectivity index (χ2v) is 2.74. The molecule has 1 rings (SSSR count). The van der Waals surface area contributed by atoms with Gasteiger partial charge in [-0.2, -0.15) is 5.10 Å². The lowest BCUT2D eigenvalue weighted by Gasteiger charge is -1.99. The monoisotopic (exact) mass is 198 g/mol. The van der Waals surface area contributed by atoms with Crippen LogP contribution in [0.2, 0.25) is 0 Å². The van der Waals surface area contributed by atoms with Gasteiger partial charge in [-0.3, -0.25) is 9.48 Å². The van der Waals surface area contributed by atoms with Crippen molar-refractivity contribution in [3.63, 3.8) is 0 Å². The van der Waals surface area contributed by atoms with Crippen LogP contribution in [0.15, 0.2) is 12.4 Å². The number of anilines is 1. The first-order valence-electron chi connectivity index (χ1n) is 4.27. The molecule has 0 atom stereocenters. The Morgan fingerprint density at radius 2 is 2.57 bits per heavy atom. The van der Waals surface area contributed by atoms with Crippen LogP contribution < -0.4 is 11.1 Å². The Morgan fingerprint density at radius 1 is 1.79 bits per heavy atom. The predicted molar refractivity (Wildman–Crippen MR) is 51.8 cm³/mol. The molecule has 0 aliphatic carbocycles. The molecule has 0 saturated carbocycles. The van der Waals surface area contributed by atoms with Crippen molar-refractivity contribution in [2.75, 3.05) is 25.6 Å². The molecule has 0 saturated heterocycles. The van der Waals surface area contributed by atoms with Crippen molar-refractivity contribution in [1.29, 1.82) is 0 Å². The van der Waals surface area contributed by atoms with E-state index in [0.29, 0.717) is 18.8 Å². The molecule has 0 unspecified atom stereocenters. The number of hydrogen-bond donors (Lipinski definition) is 2. The van der Waals surface area contributed by atoms with Crippen molar-refractivity contribution in [1.82, 2.24) is 9.78 Å². The molecule has 0 spiro atoms. The fourth-order valence-electron chi connectivity index (χ4n) is 0.947. The molecule has 3 N–H and O–H groups in total. The lowest BCUT2D eigenvalue weighted by Crippen LogP contribution is -2.21. The number of carbonyl (C=O) groups is 1. The summed E-state index contributed by atoms with van der Waals surface area (Å²) in [6.45, 7) is 1.23. The first-order chi connectivity index (χ1) is 6.76. The third-order valence-corrected chi connectivity index (χ3v) is 1.63. The van der Waals surface area contributed by atoms with Crippen LogP contribution in [-0.2, 0) is 16.1 Å². The number of hydrogen-bond acceptors (Lipinski definition) is 4. The SMILES string of the molecule is COCCn1cc(NC(=O)CN)cn1. The first kappa shape index (κ1) is 10.7. The minimum Gasteiger partial charge on any atom is -0.383 e. The molecule has 1 aromatic rings. The molecule has 14 heavy (non-hydrogen) atoms. The maximum absolute atomic E-state index is 10.9. The number of amides is 1. The molecular weight excluding hydrogens is 184 g/mol. The fourth-order valence-corrected chi connectivity index (χ4v) is 0.947. The van der Waals surface area contributed by atoms with Crippen LogP contribution in [0.25, 0.3) is 0 Å². The van der Waals surface area contributed by atoms with Crippen molar-refractivity contribution in [2.45, 2.75) is 6.54 Å². The van der Waals surface area contributed by atoms with Crippen molar-refractivity contribution in [3.05, 3.63) is 12.4 Å². The zero-order valence-corrected chi connectivity index (χ0v) is 8.06. The van der Waals surface area contributed by atoms with Crippen molar-refractivity contribution >= 4 is 11.6 Å². The zero-order valence-electron chi connectivity index (χ0n) is 8.06. The number of rotatable bonds is 5. The molecule has 6 nitrogen and oxygen atoms in total. The van der Waals surface area contributed by atoms with Crippen LogP contribution in [0.4, 0.5) is 5.69 Å². The van der Waals surface area contributed by atoms with Crippen LogP contribution in [-0.4, -0.2) is 35.9 Å². The van der Waals surface area contributed by atoms with Crippen LogP contribution in [0.1, 0.15) is 0 Å². The highest BCUT2D eigenvalue weighted by Gasteiger charge is 2.01. The highest BCUT2D eigenvalue weighted by Crippen LogP contribution is 2.03. The summed E-state index contributed by atoms with van der Waals surface area (Å²) in [4.78, 5) is 10.9. The molecule has 1 aromatic heterocycles. The van der Waals surface area contributed by atoms with E-state index >= 15 is 0 Å². The van der Waals surface area contributed by atoms with E-state index in [0.717, 1.165) is 0 Å². The summed E-state index contributed by atoms with van der Waals surface area (Å²) in [6, 6.07) is 0. The Hall–Kier alpha value is -1.40. The van der Waals surface area contributed by atoms with Gasteiger partial charge in [-0.25, -0.2) is 0 Å². The van der Waals surface area contributed by atoms with Crippen molar-refractivity contribution < 1.29 is 9.53 Å². The van der Waals surface area contributed by atoms with E-state index in [9.17, 15) is 4.79 Å². The minimum absolute atomic E-state index is 0.0246. The van der Waals surface area contributed by atoms with Gasteiger partial charge in [-0.15, -0.1) is 0 Å². The molecule has 6 heteroatoms. The van der Waals surface area contributed by atoms with Crippen LogP contribution in [0, 0.1) is 0 Å². The van der Waals surface area contributed by atoms with Crippen LogP contribution in [0.3, 0.4) is 0 Å². The van der Waals surface area contributed by atoms with E-state index in [1.807, 2.05) is 0 Å². The molecule has 78 valence electrons. The summed E-state index contributed by atoms with van der Waals surface area (Å²) in [6.07, 6.45) is 3.30. The summed E-state index contributed by atoms with van der Waals surface area (Å²) in [5.74, 6) is -0.226. The van der Waals surface area contributed by atoms with Crippen molar-refractivity contribution in [2.24, 2.45) is 5.73 Å². The van der Waals surface area contributed by atoms with Gasteiger partial charge in [0.2, 0.25) is 5.91 Å².